The number of hydrogen-bond donors (Lipinski definition) is 1. The average molecular weight is 313 g/mol. The highest BCUT2D eigenvalue weighted by molar-refractivity contribution is 5.99. The van der Waals surface area contributed by atoms with E-state index in [-0.39, 0.29) is 24.4 Å². The molecule has 4 nitrogen and oxygen atoms in total. The molecule has 0 saturated heterocycles. The number of para-hydroxylation sites is 2. The quantitative estimate of drug-likeness (QED) is 0.942. The van der Waals surface area contributed by atoms with Gasteiger partial charge in [0.05, 0.1) is 12.3 Å². The molecule has 0 spiro atoms. The number of rotatable bonds is 4. The largest absolute Gasteiger partial charge is 0.489 e. The van der Waals surface area contributed by atoms with Gasteiger partial charge in [-0.15, -0.1) is 0 Å². The van der Waals surface area contributed by atoms with Crippen LogP contribution in [-0.4, -0.2) is 28.7 Å². The molecule has 23 heavy (non-hydrogen) atoms. The summed E-state index contributed by atoms with van der Waals surface area (Å²) in [7, 11) is 0. The Bertz CT molecular complexity index is 743. The smallest absolute Gasteiger partial charge is 0.165 e. The zero-order valence-corrected chi connectivity index (χ0v) is 13.9. The van der Waals surface area contributed by atoms with E-state index in [1.54, 1.807) is 0 Å². The number of aryl methyl sites for hydroxylation is 1. The standard InChI is InChI=1S/C19H23NO3/c1-13-10-14-16(11-19(2,3)12-17(14)22)20(13)15-6-4-5-7-18(15)23-9-8-21/h4-7,10,21H,8-9,11-12H2,1-3H3. The first-order valence-corrected chi connectivity index (χ1v) is 8.00. The van der Waals surface area contributed by atoms with Crippen molar-refractivity contribution in [3.8, 4) is 11.4 Å². The summed E-state index contributed by atoms with van der Waals surface area (Å²) >= 11 is 0. The van der Waals surface area contributed by atoms with Gasteiger partial charge in [0.1, 0.15) is 12.4 Å². The molecule has 1 heterocycles. The van der Waals surface area contributed by atoms with Crippen molar-refractivity contribution in [2.24, 2.45) is 5.41 Å². The molecule has 1 aromatic heterocycles. The number of carbonyl (C=O) groups is 1. The third-order valence-electron chi connectivity index (χ3n) is 4.33. The summed E-state index contributed by atoms with van der Waals surface area (Å²) in [6, 6.07) is 9.74. The molecule has 0 amide bonds. The fourth-order valence-electron chi connectivity index (χ4n) is 3.41. The zero-order chi connectivity index (χ0) is 16.6. The summed E-state index contributed by atoms with van der Waals surface area (Å²) in [4.78, 5) is 12.5. The van der Waals surface area contributed by atoms with Crippen molar-refractivity contribution in [1.82, 2.24) is 4.57 Å². The second kappa shape index (κ2) is 5.85. The molecule has 0 radical (unpaired) electrons. The van der Waals surface area contributed by atoms with Crippen LogP contribution in [0.2, 0.25) is 0 Å². The van der Waals surface area contributed by atoms with Crippen LogP contribution in [0, 0.1) is 12.3 Å². The number of ether oxygens (including phenoxy) is 1. The van der Waals surface area contributed by atoms with E-state index in [9.17, 15) is 4.79 Å². The van der Waals surface area contributed by atoms with Crippen molar-refractivity contribution in [1.29, 1.82) is 0 Å². The Kier molecular flexibility index (Phi) is 4.02. The van der Waals surface area contributed by atoms with Gasteiger partial charge in [0.25, 0.3) is 0 Å². The van der Waals surface area contributed by atoms with Crippen LogP contribution in [0.1, 0.15) is 42.0 Å². The highest BCUT2D eigenvalue weighted by atomic mass is 16.5. The molecule has 1 N–H and O–H groups in total. The SMILES string of the molecule is Cc1cc2c(n1-c1ccccc1OCCO)CC(C)(C)CC2=O. The van der Waals surface area contributed by atoms with Gasteiger partial charge < -0.3 is 14.4 Å². The maximum absolute atomic E-state index is 12.5. The number of aromatic nitrogens is 1. The molecule has 1 aliphatic rings. The molecule has 122 valence electrons. The number of carbonyl (C=O) groups excluding carboxylic acids is 1. The van der Waals surface area contributed by atoms with E-state index in [4.69, 9.17) is 9.84 Å². The van der Waals surface area contributed by atoms with E-state index in [1.807, 2.05) is 37.3 Å². The number of fused-ring (bicyclic) bond motifs is 1. The van der Waals surface area contributed by atoms with Gasteiger partial charge in [0.15, 0.2) is 5.78 Å². The van der Waals surface area contributed by atoms with E-state index >= 15 is 0 Å². The molecule has 0 aliphatic heterocycles. The van der Waals surface area contributed by atoms with Crippen LogP contribution in [0.15, 0.2) is 30.3 Å². The lowest BCUT2D eigenvalue weighted by Crippen LogP contribution is -2.27. The average Bonchev–Trinajstić information content (AvgIpc) is 2.81. The van der Waals surface area contributed by atoms with Gasteiger partial charge in [-0.05, 0) is 37.0 Å². The molecule has 0 fully saturated rings. The third-order valence-corrected chi connectivity index (χ3v) is 4.33. The number of aliphatic hydroxyl groups excluding tert-OH is 1. The van der Waals surface area contributed by atoms with Crippen LogP contribution in [-0.2, 0) is 6.42 Å². The molecule has 0 bridgehead atoms. The molecular weight excluding hydrogens is 290 g/mol. The number of Topliss-reactive ketones (excluding diaryl/α,β-unsaturated/α-hetero) is 1. The van der Waals surface area contributed by atoms with Crippen molar-refractivity contribution < 1.29 is 14.6 Å². The summed E-state index contributed by atoms with van der Waals surface area (Å²) in [5.41, 5.74) is 3.81. The predicted molar refractivity (Wildman–Crippen MR) is 89.5 cm³/mol. The highest BCUT2D eigenvalue weighted by Gasteiger charge is 2.34. The topological polar surface area (TPSA) is 51.5 Å². The summed E-state index contributed by atoms with van der Waals surface area (Å²) in [6.45, 7) is 6.51. The van der Waals surface area contributed by atoms with Crippen molar-refractivity contribution in [2.75, 3.05) is 13.2 Å². The van der Waals surface area contributed by atoms with E-state index in [1.165, 1.54) is 0 Å². The molecule has 3 rings (SSSR count). The molecular formula is C19H23NO3. The van der Waals surface area contributed by atoms with Crippen molar-refractivity contribution >= 4 is 5.78 Å². The van der Waals surface area contributed by atoms with E-state index in [0.29, 0.717) is 6.42 Å². The second-order valence-electron chi connectivity index (χ2n) is 6.96. The highest BCUT2D eigenvalue weighted by Crippen LogP contribution is 2.38. The Hall–Kier alpha value is -2.07. The van der Waals surface area contributed by atoms with E-state index < -0.39 is 0 Å². The Morgan fingerprint density at radius 2 is 2.00 bits per heavy atom. The number of ketones is 1. The van der Waals surface area contributed by atoms with Gasteiger partial charge in [-0.2, -0.15) is 0 Å². The minimum absolute atomic E-state index is 0.0252. The van der Waals surface area contributed by atoms with E-state index in [2.05, 4.69) is 18.4 Å². The molecule has 2 aromatic rings. The van der Waals surface area contributed by atoms with Gasteiger partial charge in [0, 0.05) is 23.4 Å². The lowest BCUT2D eigenvalue weighted by Gasteiger charge is -2.30. The summed E-state index contributed by atoms with van der Waals surface area (Å²) in [5.74, 6) is 0.936. The number of aliphatic hydroxyl groups is 1. The number of hydrogen-bond acceptors (Lipinski definition) is 3. The van der Waals surface area contributed by atoms with Gasteiger partial charge in [-0.1, -0.05) is 26.0 Å². The number of nitrogens with zero attached hydrogens (tertiary/aromatic N) is 1. The van der Waals surface area contributed by atoms with Crippen LogP contribution in [0.4, 0.5) is 0 Å². The minimum Gasteiger partial charge on any atom is -0.489 e. The monoisotopic (exact) mass is 313 g/mol. The molecule has 0 atom stereocenters. The first kappa shape index (κ1) is 15.8. The maximum atomic E-state index is 12.5. The van der Waals surface area contributed by atoms with Crippen LogP contribution in [0.25, 0.3) is 5.69 Å². The van der Waals surface area contributed by atoms with Crippen LogP contribution in [0.3, 0.4) is 0 Å². The van der Waals surface area contributed by atoms with Crippen LogP contribution < -0.4 is 4.74 Å². The Labute approximate surface area is 136 Å². The van der Waals surface area contributed by atoms with Crippen molar-refractivity contribution in [2.45, 2.75) is 33.6 Å². The predicted octanol–water partition coefficient (Wildman–Crippen LogP) is 3.31. The summed E-state index contributed by atoms with van der Waals surface area (Å²) in [6.07, 6.45) is 1.45. The van der Waals surface area contributed by atoms with E-state index in [0.717, 1.165) is 34.8 Å². The van der Waals surface area contributed by atoms with Gasteiger partial charge in [-0.3, -0.25) is 4.79 Å². The first-order valence-electron chi connectivity index (χ1n) is 8.00. The fourth-order valence-corrected chi connectivity index (χ4v) is 3.41. The Morgan fingerprint density at radius 3 is 2.74 bits per heavy atom. The first-order chi connectivity index (χ1) is 10.9. The second-order valence-corrected chi connectivity index (χ2v) is 6.96. The molecule has 0 saturated carbocycles. The van der Waals surface area contributed by atoms with Crippen molar-refractivity contribution in [3.05, 3.63) is 47.3 Å². The lowest BCUT2D eigenvalue weighted by atomic mass is 9.76. The third kappa shape index (κ3) is 2.91. The lowest BCUT2D eigenvalue weighted by molar-refractivity contribution is 0.0911. The van der Waals surface area contributed by atoms with Gasteiger partial charge in [-0.25, -0.2) is 0 Å². The molecule has 0 unspecified atom stereocenters. The fraction of sp³-hybridized carbons (Fsp3) is 0.421. The molecule has 4 heteroatoms. The number of benzene rings is 1. The van der Waals surface area contributed by atoms with Gasteiger partial charge in [0.2, 0.25) is 0 Å². The van der Waals surface area contributed by atoms with Crippen LogP contribution in [0.5, 0.6) is 5.75 Å². The molecule has 1 aliphatic carbocycles. The Morgan fingerprint density at radius 1 is 1.26 bits per heavy atom. The maximum Gasteiger partial charge on any atom is 0.165 e. The summed E-state index contributed by atoms with van der Waals surface area (Å²) in [5, 5.41) is 9.02. The summed E-state index contributed by atoms with van der Waals surface area (Å²) < 4.78 is 7.81. The van der Waals surface area contributed by atoms with Crippen molar-refractivity contribution in [3.63, 3.8) is 0 Å². The Balaban J connectivity index is 2.14. The molecule has 1 aromatic carbocycles. The normalized spacial score (nSPS) is 16.3. The zero-order valence-electron chi connectivity index (χ0n) is 13.9. The van der Waals surface area contributed by atoms with Gasteiger partial charge >= 0.3 is 0 Å². The van der Waals surface area contributed by atoms with Crippen LogP contribution >= 0.6 is 0 Å². The minimum atomic E-state index is -0.0342.